The number of ether oxygens (including phenoxy) is 2. The first-order valence-corrected chi connectivity index (χ1v) is 9.44. The summed E-state index contributed by atoms with van der Waals surface area (Å²) in [5, 5.41) is 5.59. The standard InChI is InChI=1S/C22H26N2O4/c1-12(2)16-7-6-13(3)20(10-16)28-14(4)21(25)23-17-8-9-19-18(11-17)24-22(26)15(5)27-19/h6-12,14-15H,1-5H3,(H,23,25)(H,24,26)/t14-,15-/m1/s1. The molecule has 1 aliphatic rings. The van der Waals surface area contributed by atoms with Crippen LogP contribution >= 0.6 is 0 Å². The molecule has 2 N–H and O–H groups in total. The Morgan fingerprint density at radius 2 is 1.93 bits per heavy atom. The summed E-state index contributed by atoms with van der Waals surface area (Å²) < 4.78 is 11.4. The van der Waals surface area contributed by atoms with Crippen molar-refractivity contribution in [3.8, 4) is 11.5 Å². The van der Waals surface area contributed by atoms with Crippen molar-refractivity contribution in [2.75, 3.05) is 10.6 Å². The van der Waals surface area contributed by atoms with Crippen LogP contribution in [0.25, 0.3) is 0 Å². The monoisotopic (exact) mass is 382 g/mol. The third kappa shape index (κ3) is 4.27. The zero-order chi connectivity index (χ0) is 20.4. The van der Waals surface area contributed by atoms with E-state index in [2.05, 4.69) is 30.5 Å². The number of hydrogen-bond acceptors (Lipinski definition) is 4. The van der Waals surface area contributed by atoms with E-state index >= 15 is 0 Å². The van der Waals surface area contributed by atoms with Gasteiger partial charge in [-0.3, -0.25) is 9.59 Å². The van der Waals surface area contributed by atoms with Gasteiger partial charge in [0.05, 0.1) is 5.69 Å². The van der Waals surface area contributed by atoms with Gasteiger partial charge in [-0.1, -0.05) is 26.0 Å². The van der Waals surface area contributed by atoms with Crippen molar-refractivity contribution in [2.24, 2.45) is 0 Å². The highest BCUT2D eigenvalue weighted by molar-refractivity contribution is 5.99. The molecule has 2 amide bonds. The van der Waals surface area contributed by atoms with E-state index in [4.69, 9.17) is 9.47 Å². The molecule has 6 nitrogen and oxygen atoms in total. The molecule has 2 aromatic carbocycles. The lowest BCUT2D eigenvalue weighted by atomic mass is 10.0. The Labute approximate surface area is 165 Å². The Kier molecular flexibility index (Phi) is 5.58. The molecule has 148 valence electrons. The number of carbonyl (C=O) groups is 2. The van der Waals surface area contributed by atoms with E-state index in [1.807, 2.05) is 19.1 Å². The molecule has 0 radical (unpaired) electrons. The Morgan fingerprint density at radius 1 is 1.18 bits per heavy atom. The fourth-order valence-corrected chi connectivity index (χ4v) is 2.88. The van der Waals surface area contributed by atoms with Crippen LogP contribution in [0.3, 0.4) is 0 Å². The first-order valence-electron chi connectivity index (χ1n) is 9.44. The topological polar surface area (TPSA) is 76.7 Å². The van der Waals surface area contributed by atoms with E-state index in [1.54, 1.807) is 32.0 Å². The summed E-state index contributed by atoms with van der Waals surface area (Å²) in [5.41, 5.74) is 3.24. The van der Waals surface area contributed by atoms with E-state index in [-0.39, 0.29) is 11.8 Å². The number of anilines is 2. The van der Waals surface area contributed by atoms with Crippen LogP contribution in [0.5, 0.6) is 11.5 Å². The minimum absolute atomic E-state index is 0.215. The molecule has 0 spiro atoms. The van der Waals surface area contributed by atoms with Crippen molar-refractivity contribution < 1.29 is 19.1 Å². The van der Waals surface area contributed by atoms with Gasteiger partial charge in [-0.2, -0.15) is 0 Å². The highest BCUT2D eigenvalue weighted by Gasteiger charge is 2.24. The summed E-state index contributed by atoms with van der Waals surface area (Å²) in [4.78, 5) is 24.3. The van der Waals surface area contributed by atoms with E-state index in [0.717, 1.165) is 11.1 Å². The van der Waals surface area contributed by atoms with Crippen LogP contribution in [0.2, 0.25) is 0 Å². The van der Waals surface area contributed by atoms with Crippen LogP contribution in [-0.4, -0.2) is 24.0 Å². The summed E-state index contributed by atoms with van der Waals surface area (Å²) in [6, 6.07) is 11.2. The van der Waals surface area contributed by atoms with Crippen LogP contribution in [0, 0.1) is 6.92 Å². The number of rotatable bonds is 5. The van der Waals surface area contributed by atoms with Gasteiger partial charge < -0.3 is 20.1 Å². The molecule has 0 aliphatic carbocycles. The molecule has 3 rings (SSSR count). The maximum absolute atomic E-state index is 12.6. The predicted octanol–water partition coefficient (Wildman–Crippen LogP) is 4.24. The predicted molar refractivity (Wildman–Crippen MR) is 109 cm³/mol. The molecular weight excluding hydrogens is 356 g/mol. The Hall–Kier alpha value is -3.02. The van der Waals surface area contributed by atoms with Gasteiger partial charge in [-0.15, -0.1) is 0 Å². The van der Waals surface area contributed by atoms with Gasteiger partial charge >= 0.3 is 0 Å². The van der Waals surface area contributed by atoms with Crippen molar-refractivity contribution in [3.05, 3.63) is 47.5 Å². The Balaban J connectivity index is 1.69. The zero-order valence-electron chi connectivity index (χ0n) is 16.8. The zero-order valence-corrected chi connectivity index (χ0v) is 16.8. The summed E-state index contributed by atoms with van der Waals surface area (Å²) >= 11 is 0. The summed E-state index contributed by atoms with van der Waals surface area (Å²) in [6.45, 7) is 9.58. The van der Waals surface area contributed by atoms with Crippen molar-refractivity contribution in [1.82, 2.24) is 0 Å². The van der Waals surface area contributed by atoms with E-state index in [9.17, 15) is 9.59 Å². The summed E-state index contributed by atoms with van der Waals surface area (Å²) in [5.74, 6) is 1.17. The lowest BCUT2D eigenvalue weighted by Gasteiger charge is -2.24. The molecule has 1 aliphatic heterocycles. The molecule has 0 fully saturated rings. The lowest BCUT2D eigenvalue weighted by molar-refractivity contribution is -0.123. The van der Waals surface area contributed by atoms with Gasteiger partial charge in [0.15, 0.2) is 12.2 Å². The molecule has 1 heterocycles. The molecule has 2 aromatic rings. The quantitative estimate of drug-likeness (QED) is 0.811. The van der Waals surface area contributed by atoms with Gasteiger partial charge in [0.25, 0.3) is 11.8 Å². The largest absolute Gasteiger partial charge is 0.481 e. The molecule has 0 unspecified atom stereocenters. The Morgan fingerprint density at radius 3 is 2.64 bits per heavy atom. The van der Waals surface area contributed by atoms with Gasteiger partial charge in [0.2, 0.25) is 0 Å². The second kappa shape index (κ2) is 7.92. The van der Waals surface area contributed by atoms with Gasteiger partial charge in [-0.25, -0.2) is 0 Å². The first-order chi connectivity index (χ1) is 13.2. The normalized spacial score (nSPS) is 16.6. The van der Waals surface area contributed by atoms with Crippen molar-refractivity contribution in [3.63, 3.8) is 0 Å². The fraction of sp³-hybridized carbons (Fsp3) is 0.364. The molecule has 6 heteroatoms. The third-order valence-corrected chi connectivity index (χ3v) is 4.73. The summed E-state index contributed by atoms with van der Waals surface area (Å²) in [6.07, 6.45) is -1.21. The number of nitrogens with one attached hydrogen (secondary N) is 2. The highest BCUT2D eigenvalue weighted by atomic mass is 16.5. The lowest BCUT2D eigenvalue weighted by Crippen LogP contribution is -2.34. The average molecular weight is 382 g/mol. The molecular formula is C22H26N2O4. The maximum Gasteiger partial charge on any atom is 0.265 e. The smallest absolute Gasteiger partial charge is 0.265 e. The summed E-state index contributed by atoms with van der Waals surface area (Å²) in [7, 11) is 0. The number of fused-ring (bicyclic) bond motifs is 1. The second-order valence-corrected chi connectivity index (χ2v) is 7.39. The van der Waals surface area contributed by atoms with Gasteiger partial charge in [0, 0.05) is 5.69 Å². The average Bonchev–Trinajstić information content (AvgIpc) is 2.64. The molecule has 0 saturated carbocycles. The Bertz CT molecular complexity index is 907. The molecule has 2 atom stereocenters. The van der Waals surface area contributed by atoms with Crippen LogP contribution in [-0.2, 0) is 9.59 Å². The number of carbonyl (C=O) groups excluding carboxylic acids is 2. The van der Waals surface area contributed by atoms with Gasteiger partial charge in [-0.05, 0) is 62.1 Å². The number of amides is 2. The maximum atomic E-state index is 12.6. The van der Waals surface area contributed by atoms with E-state index in [1.165, 1.54) is 0 Å². The van der Waals surface area contributed by atoms with E-state index < -0.39 is 12.2 Å². The number of aryl methyl sites for hydroxylation is 1. The fourth-order valence-electron chi connectivity index (χ4n) is 2.88. The molecule has 28 heavy (non-hydrogen) atoms. The van der Waals surface area contributed by atoms with Crippen LogP contribution in [0.15, 0.2) is 36.4 Å². The molecule has 0 saturated heterocycles. The van der Waals surface area contributed by atoms with Crippen LogP contribution in [0.1, 0.15) is 44.7 Å². The van der Waals surface area contributed by atoms with Crippen molar-refractivity contribution in [2.45, 2.75) is 52.7 Å². The van der Waals surface area contributed by atoms with E-state index in [0.29, 0.717) is 28.8 Å². The highest BCUT2D eigenvalue weighted by Crippen LogP contribution is 2.32. The minimum atomic E-state index is -0.678. The van der Waals surface area contributed by atoms with Crippen molar-refractivity contribution >= 4 is 23.2 Å². The molecule has 0 aromatic heterocycles. The SMILES string of the molecule is Cc1ccc(C(C)C)cc1O[C@H](C)C(=O)Nc1ccc2c(c1)NC(=O)[C@@H](C)O2. The molecule has 0 bridgehead atoms. The van der Waals surface area contributed by atoms with Gasteiger partial charge in [0.1, 0.15) is 11.5 Å². The number of benzene rings is 2. The first kappa shape index (κ1) is 19.7. The number of hydrogen-bond donors (Lipinski definition) is 2. The van der Waals surface area contributed by atoms with Crippen LogP contribution < -0.4 is 20.1 Å². The van der Waals surface area contributed by atoms with Crippen molar-refractivity contribution in [1.29, 1.82) is 0 Å². The van der Waals surface area contributed by atoms with Crippen LogP contribution in [0.4, 0.5) is 11.4 Å². The second-order valence-electron chi connectivity index (χ2n) is 7.39. The third-order valence-electron chi connectivity index (χ3n) is 4.73. The minimum Gasteiger partial charge on any atom is -0.481 e.